The maximum absolute atomic E-state index is 6.61. The second kappa shape index (κ2) is 8.93. The Kier molecular flexibility index (Phi) is 6.85. The normalized spacial score (nSPS) is 23.3. The molecular weight excluding hydrogens is 363 g/mol. The van der Waals surface area contributed by atoms with Gasteiger partial charge in [-0.3, -0.25) is 0 Å². The SMILES string of the molecule is [Fe].c1cc(B2OC3(CCCCC3)C3(CCCCC3)O2)c[cH-]1.c1cc[cH-]c1. The molecule has 4 heteroatoms. The van der Waals surface area contributed by atoms with Crippen LogP contribution in [0.2, 0.25) is 0 Å². The number of hydrogen-bond acceptors (Lipinski definition) is 2. The van der Waals surface area contributed by atoms with Crippen LogP contribution in [0, 0.1) is 0 Å². The molecule has 3 aliphatic rings. The van der Waals surface area contributed by atoms with Gasteiger partial charge in [0.2, 0.25) is 0 Å². The Labute approximate surface area is 169 Å². The van der Waals surface area contributed by atoms with E-state index in [1.807, 2.05) is 30.3 Å². The van der Waals surface area contributed by atoms with Gasteiger partial charge in [-0.15, -0.1) is 0 Å². The van der Waals surface area contributed by atoms with Crippen LogP contribution in [-0.2, 0) is 26.4 Å². The third-order valence-electron chi connectivity index (χ3n) is 6.33. The summed E-state index contributed by atoms with van der Waals surface area (Å²) in [5.74, 6) is 0. The Morgan fingerprint density at radius 1 is 0.731 bits per heavy atom. The zero-order chi connectivity index (χ0) is 17.0. The summed E-state index contributed by atoms with van der Waals surface area (Å²) in [5, 5.41) is 0. The van der Waals surface area contributed by atoms with Gasteiger partial charge in [0.25, 0.3) is 0 Å². The molecule has 2 aliphatic carbocycles. The van der Waals surface area contributed by atoms with E-state index >= 15 is 0 Å². The van der Waals surface area contributed by atoms with Crippen LogP contribution in [0.15, 0.2) is 54.6 Å². The van der Waals surface area contributed by atoms with Crippen LogP contribution in [0.25, 0.3) is 0 Å². The summed E-state index contributed by atoms with van der Waals surface area (Å²) in [6.07, 6.45) is 12.7. The van der Waals surface area contributed by atoms with Gasteiger partial charge in [0, 0.05) is 17.1 Å². The Morgan fingerprint density at radius 3 is 1.65 bits per heavy atom. The van der Waals surface area contributed by atoms with E-state index in [9.17, 15) is 0 Å². The third-order valence-corrected chi connectivity index (χ3v) is 6.33. The van der Waals surface area contributed by atoms with E-state index in [0.717, 1.165) is 0 Å². The summed E-state index contributed by atoms with van der Waals surface area (Å²) in [4.78, 5) is 0. The molecule has 2 nitrogen and oxygen atoms in total. The molecular formula is C22H29BFeO2-2. The zero-order valence-corrected chi connectivity index (χ0v) is 16.6. The molecule has 2 aromatic carbocycles. The third kappa shape index (κ3) is 3.89. The van der Waals surface area contributed by atoms with Crippen molar-refractivity contribution >= 4 is 12.6 Å². The molecule has 0 radical (unpaired) electrons. The van der Waals surface area contributed by atoms with E-state index in [1.165, 1.54) is 69.7 Å². The van der Waals surface area contributed by atoms with Crippen molar-refractivity contribution in [3.05, 3.63) is 54.6 Å². The van der Waals surface area contributed by atoms with Crippen molar-refractivity contribution in [2.45, 2.75) is 75.4 Å². The molecule has 2 spiro atoms. The second-order valence-corrected chi connectivity index (χ2v) is 7.86. The molecule has 142 valence electrons. The summed E-state index contributed by atoms with van der Waals surface area (Å²) in [5.41, 5.74) is 1.22. The van der Waals surface area contributed by atoms with Crippen molar-refractivity contribution in [2.24, 2.45) is 0 Å². The van der Waals surface area contributed by atoms with Crippen molar-refractivity contribution in [3.8, 4) is 0 Å². The smallest absolute Gasteiger partial charge is 0.407 e. The standard InChI is InChI=1S/C17H24BO2.C5H5.Fe/c1-5-11-16(12-6-1)17(13-7-2-8-14-17)20-18(19-16)15-9-3-4-10-15;1-2-4-5-3-1;/h3-4,9-10H,1-2,5-8,11-14H2;1-5H;/q2*-1;. The summed E-state index contributed by atoms with van der Waals surface area (Å²) in [7, 11) is -0.124. The first-order valence-electron chi connectivity index (χ1n) is 10.1. The molecule has 2 aromatic rings. The Hall–Kier alpha value is -0.796. The van der Waals surface area contributed by atoms with Gasteiger partial charge in [0.05, 0.1) is 11.2 Å². The fraction of sp³-hybridized carbons (Fsp3) is 0.545. The van der Waals surface area contributed by atoms with Crippen molar-refractivity contribution in [2.75, 3.05) is 0 Å². The first-order valence-corrected chi connectivity index (χ1v) is 10.1. The quantitative estimate of drug-likeness (QED) is 0.505. The first-order chi connectivity index (χ1) is 12.3. The Bertz CT molecular complexity index is 567. The minimum Gasteiger partial charge on any atom is -0.410 e. The molecule has 5 rings (SSSR count). The predicted octanol–water partition coefficient (Wildman–Crippen LogP) is 4.96. The van der Waals surface area contributed by atoms with Crippen molar-refractivity contribution < 1.29 is 26.4 Å². The molecule has 1 aliphatic heterocycles. The molecule has 0 atom stereocenters. The van der Waals surface area contributed by atoms with Crippen LogP contribution < -0.4 is 5.46 Å². The molecule has 3 fully saturated rings. The minimum absolute atomic E-state index is 0. The fourth-order valence-electron chi connectivity index (χ4n) is 5.04. The van der Waals surface area contributed by atoms with E-state index in [-0.39, 0.29) is 35.4 Å². The monoisotopic (exact) mass is 392 g/mol. The van der Waals surface area contributed by atoms with Crippen LogP contribution in [0.3, 0.4) is 0 Å². The number of rotatable bonds is 1. The Balaban J connectivity index is 0.000000285. The van der Waals surface area contributed by atoms with Crippen molar-refractivity contribution in [1.29, 1.82) is 0 Å². The largest absolute Gasteiger partial charge is 0.410 e. The van der Waals surface area contributed by atoms with E-state index < -0.39 is 0 Å². The van der Waals surface area contributed by atoms with Crippen LogP contribution in [0.4, 0.5) is 0 Å². The molecule has 1 saturated heterocycles. The minimum atomic E-state index is -0.124. The van der Waals surface area contributed by atoms with E-state index in [4.69, 9.17) is 9.31 Å². The summed E-state index contributed by atoms with van der Waals surface area (Å²) < 4.78 is 13.2. The average Bonchev–Trinajstić information content (AvgIpc) is 3.41. The maximum atomic E-state index is 6.61. The van der Waals surface area contributed by atoms with Crippen LogP contribution in [-0.4, -0.2) is 18.3 Å². The molecule has 0 N–H and O–H groups in total. The van der Waals surface area contributed by atoms with Gasteiger partial charge in [-0.2, -0.15) is 41.9 Å². The molecule has 0 aromatic heterocycles. The van der Waals surface area contributed by atoms with Gasteiger partial charge in [-0.05, 0) is 25.7 Å². The topological polar surface area (TPSA) is 18.5 Å². The van der Waals surface area contributed by atoms with Gasteiger partial charge >= 0.3 is 7.12 Å². The van der Waals surface area contributed by atoms with Crippen LogP contribution in [0.1, 0.15) is 64.2 Å². The number of fused-ring (bicyclic) bond motifs is 1. The summed E-state index contributed by atoms with van der Waals surface area (Å²) >= 11 is 0. The first kappa shape index (κ1) is 20.0. The molecule has 0 bridgehead atoms. The number of hydrogen-bond donors (Lipinski definition) is 0. The molecule has 26 heavy (non-hydrogen) atoms. The van der Waals surface area contributed by atoms with E-state index in [0.29, 0.717) is 0 Å². The van der Waals surface area contributed by atoms with Crippen molar-refractivity contribution in [1.82, 2.24) is 0 Å². The zero-order valence-electron chi connectivity index (χ0n) is 15.5. The van der Waals surface area contributed by atoms with Gasteiger partial charge in [-0.1, -0.05) is 38.5 Å². The van der Waals surface area contributed by atoms with Gasteiger partial charge in [0.15, 0.2) is 0 Å². The molecule has 1 heterocycles. The van der Waals surface area contributed by atoms with Crippen LogP contribution >= 0.6 is 0 Å². The fourth-order valence-corrected chi connectivity index (χ4v) is 5.04. The Morgan fingerprint density at radius 2 is 1.27 bits per heavy atom. The second-order valence-electron chi connectivity index (χ2n) is 7.86. The van der Waals surface area contributed by atoms with E-state index in [1.54, 1.807) is 0 Å². The molecule has 0 amide bonds. The van der Waals surface area contributed by atoms with Gasteiger partial charge in [-0.25, -0.2) is 18.2 Å². The predicted molar refractivity (Wildman–Crippen MR) is 103 cm³/mol. The molecule has 2 saturated carbocycles. The average molecular weight is 392 g/mol. The van der Waals surface area contributed by atoms with E-state index in [2.05, 4.69) is 24.3 Å². The molecule has 0 unspecified atom stereocenters. The van der Waals surface area contributed by atoms with Gasteiger partial charge in [0.1, 0.15) is 0 Å². The van der Waals surface area contributed by atoms with Crippen LogP contribution in [0.5, 0.6) is 0 Å². The van der Waals surface area contributed by atoms with Crippen molar-refractivity contribution in [3.63, 3.8) is 0 Å². The summed E-state index contributed by atoms with van der Waals surface area (Å²) in [6.45, 7) is 0. The maximum Gasteiger partial charge on any atom is 0.407 e. The van der Waals surface area contributed by atoms with Gasteiger partial charge < -0.3 is 9.31 Å². The summed E-state index contributed by atoms with van der Waals surface area (Å²) in [6, 6.07) is 18.5.